The molecule has 0 atom stereocenters. The van der Waals surface area contributed by atoms with Gasteiger partial charge in [-0.3, -0.25) is 4.79 Å². The molecule has 0 spiro atoms. The number of aromatic nitrogens is 2. The summed E-state index contributed by atoms with van der Waals surface area (Å²) in [6.45, 7) is 5.84. The van der Waals surface area contributed by atoms with Crippen molar-refractivity contribution in [1.29, 1.82) is 0 Å². The summed E-state index contributed by atoms with van der Waals surface area (Å²) in [6, 6.07) is 11.4. The average molecular weight is 270 g/mol. The molecule has 2 aromatic rings. The Hall–Kier alpha value is -2.43. The largest absolute Gasteiger partial charge is 0.348 e. The summed E-state index contributed by atoms with van der Waals surface area (Å²) in [6.07, 6.45) is 0. The fourth-order valence-corrected chi connectivity index (χ4v) is 1.64. The zero-order valence-electron chi connectivity index (χ0n) is 11.8. The van der Waals surface area contributed by atoms with Crippen LogP contribution in [0.25, 0.3) is 0 Å². The normalized spacial score (nSPS) is 10.4. The van der Waals surface area contributed by atoms with Gasteiger partial charge in [0, 0.05) is 11.7 Å². The second-order valence-electron chi connectivity index (χ2n) is 4.92. The van der Waals surface area contributed by atoms with Gasteiger partial charge in [-0.25, -0.2) is 0 Å². The molecule has 0 unspecified atom stereocenters. The molecule has 2 rings (SSSR count). The summed E-state index contributed by atoms with van der Waals surface area (Å²) >= 11 is 0. The first-order valence-electron chi connectivity index (χ1n) is 6.53. The maximum atomic E-state index is 11.7. The van der Waals surface area contributed by atoms with Gasteiger partial charge >= 0.3 is 0 Å². The molecule has 1 aromatic carbocycles. The molecular weight excluding hydrogens is 252 g/mol. The van der Waals surface area contributed by atoms with Crippen molar-refractivity contribution in [1.82, 2.24) is 15.5 Å². The summed E-state index contributed by atoms with van der Waals surface area (Å²) < 4.78 is 0. The molecule has 104 valence electrons. The number of carbonyl (C=O) groups excluding carboxylic acids is 1. The third kappa shape index (κ3) is 3.78. The van der Waals surface area contributed by atoms with Gasteiger partial charge in [-0.05, 0) is 45.0 Å². The van der Waals surface area contributed by atoms with E-state index >= 15 is 0 Å². The first kappa shape index (κ1) is 14.0. The second-order valence-corrected chi connectivity index (χ2v) is 4.92. The Bertz CT molecular complexity index is 576. The van der Waals surface area contributed by atoms with E-state index in [1.165, 1.54) is 5.56 Å². The van der Waals surface area contributed by atoms with Crippen molar-refractivity contribution in [3.8, 4) is 0 Å². The van der Waals surface area contributed by atoms with E-state index in [9.17, 15) is 4.79 Å². The van der Waals surface area contributed by atoms with Gasteiger partial charge in [0.05, 0.1) is 0 Å². The van der Waals surface area contributed by atoms with E-state index in [-0.39, 0.29) is 11.9 Å². The number of aryl methyl sites for hydroxylation is 1. The third-order valence-electron chi connectivity index (χ3n) is 2.64. The van der Waals surface area contributed by atoms with Crippen molar-refractivity contribution in [2.24, 2.45) is 0 Å². The lowest BCUT2D eigenvalue weighted by molar-refractivity contribution is 0.0937. The summed E-state index contributed by atoms with van der Waals surface area (Å²) in [5.41, 5.74) is 2.44. The van der Waals surface area contributed by atoms with Crippen LogP contribution in [0, 0.1) is 6.92 Å². The van der Waals surface area contributed by atoms with Crippen LogP contribution in [-0.4, -0.2) is 22.1 Å². The Kier molecular flexibility index (Phi) is 4.30. The molecule has 0 saturated carbocycles. The van der Waals surface area contributed by atoms with Gasteiger partial charge in [0.25, 0.3) is 5.91 Å². The molecule has 5 nitrogen and oxygen atoms in total. The van der Waals surface area contributed by atoms with E-state index in [0.717, 1.165) is 5.69 Å². The lowest BCUT2D eigenvalue weighted by atomic mass is 10.2. The number of hydrogen-bond donors (Lipinski definition) is 2. The predicted molar refractivity (Wildman–Crippen MR) is 79.1 cm³/mol. The molecule has 5 heteroatoms. The van der Waals surface area contributed by atoms with E-state index in [0.29, 0.717) is 11.5 Å². The lowest BCUT2D eigenvalue weighted by Crippen LogP contribution is -2.30. The molecule has 1 heterocycles. The van der Waals surface area contributed by atoms with Crippen LogP contribution in [-0.2, 0) is 0 Å². The Morgan fingerprint density at radius 2 is 1.75 bits per heavy atom. The van der Waals surface area contributed by atoms with Gasteiger partial charge in [-0.2, -0.15) is 0 Å². The standard InChI is InChI=1S/C15H18N4O/c1-10(2)16-15(20)13-8-9-14(19-18-13)17-12-6-4-11(3)5-7-12/h4-10H,1-3H3,(H,16,20)(H,17,19). The molecule has 0 aliphatic rings. The summed E-state index contributed by atoms with van der Waals surface area (Å²) in [4.78, 5) is 11.7. The molecule has 0 aliphatic heterocycles. The van der Waals surface area contributed by atoms with Crippen LogP contribution in [0.1, 0.15) is 29.9 Å². The van der Waals surface area contributed by atoms with Crippen LogP contribution in [0.4, 0.5) is 11.5 Å². The number of amides is 1. The predicted octanol–water partition coefficient (Wildman–Crippen LogP) is 2.67. The quantitative estimate of drug-likeness (QED) is 0.896. The Morgan fingerprint density at radius 3 is 2.30 bits per heavy atom. The molecule has 0 fully saturated rings. The van der Waals surface area contributed by atoms with Crippen LogP contribution >= 0.6 is 0 Å². The van der Waals surface area contributed by atoms with E-state index in [1.807, 2.05) is 45.0 Å². The number of nitrogens with zero attached hydrogens (tertiary/aromatic N) is 2. The van der Waals surface area contributed by atoms with Crippen LogP contribution in [0.2, 0.25) is 0 Å². The average Bonchev–Trinajstić information content (AvgIpc) is 2.41. The minimum atomic E-state index is -0.214. The highest BCUT2D eigenvalue weighted by Crippen LogP contribution is 2.14. The topological polar surface area (TPSA) is 66.9 Å². The van der Waals surface area contributed by atoms with Crippen molar-refractivity contribution < 1.29 is 4.79 Å². The number of nitrogens with one attached hydrogen (secondary N) is 2. The van der Waals surface area contributed by atoms with Crippen molar-refractivity contribution in [2.45, 2.75) is 26.8 Å². The van der Waals surface area contributed by atoms with Crippen molar-refractivity contribution in [3.63, 3.8) is 0 Å². The SMILES string of the molecule is Cc1ccc(Nc2ccc(C(=O)NC(C)C)nn2)cc1. The minimum absolute atomic E-state index is 0.0784. The number of carbonyl (C=O) groups is 1. The number of rotatable bonds is 4. The fourth-order valence-electron chi connectivity index (χ4n) is 1.64. The molecule has 20 heavy (non-hydrogen) atoms. The summed E-state index contributed by atoms with van der Waals surface area (Å²) in [5.74, 6) is 0.393. The molecule has 0 bridgehead atoms. The van der Waals surface area contributed by atoms with Gasteiger partial charge in [0.2, 0.25) is 0 Å². The molecule has 0 aliphatic carbocycles. The molecule has 0 radical (unpaired) electrons. The highest BCUT2D eigenvalue weighted by molar-refractivity contribution is 5.92. The first-order chi connectivity index (χ1) is 9.54. The van der Waals surface area contributed by atoms with Crippen LogP contribution in [0.15, 0.2) is 36.4 Å². The highest BCUT2D eigenvalue weighted by atomic mass is 16.1. The molecule has 1 amide bonds. The van der Waals surface area contributed by atoms with Gasteiger partial charge in [0.1, 0.15) is 0 Å². The van der Waals surface area contributed by atoms with E-state index in [2.05, 4.69) is 20.8 Å². The van der Waals surface area contributed by atoms with Gasteiger partial charge in [-0.15, -0.1) is 10.2 Å². The number of anilines is 2. The Morgan fingerprint density at radius 1 is 1.05 bits per heavy atom. The minimum Gasteiger partial charge on any atom is -0.348 e. The van der Waals surface area contributed by atoms with Crippen LogP contribution < -0.4 is 10.6 Å². The zero-order chi connectivity index (χ0) is 14.5. The van der Waals surface area contributed by atoms with Crippen LogP contribution in [0.3, 0.4) is 0 Å². The molecular formula is C15H18N4O. The van der Waals surface area contributed by atoms with Crippen molar-refractivity contribution >= 4 is 17.4 Å². The van der Waals surface area contributed by atoms with Gasteiger partial charge in [-0.1, -0.05) is 17.7 Å². The maximum Gasteiger partial charge on any atom is 0.271 e. The lowest BCUT2D eigenvalue weighted by Gasteiger charge is -2.08. The van der Waals surface area contributed by atoms with Crippen LogP contribution in [0.5, 0.6) is 0 Å². The van der Waals surface area contributed by atoms with Gasteiger partial charge in [0.15, 0.2) is 11.5 Å². The molecule has 0 saturated heterocycles. The molecule has 2 N–H and O–H groups in total. The summed E-state index contributed by atoms with van der Waals surface area (Å²) in [7, 11) is 0. The fraction of sp³-hybridized carbons (Fsp3) is 0.267. The zero-order valence-corrected chi connectivity index (χ0v) is 11.8. The second kappa shape index (κ2) is 6.14. The monoisotopic (exact) mass is 270 g/mol. The van der Waals surface area contributed by atoms with E-state index in [1.54, 1.807) is 12.1 Å². The van der Waals surface area contributed by atoms with E-state index in [4.69, 9.17) is 0 Å². The maximum absolute atomic E-state index is 11.7. The smallest absolute Gasteiger partial charge is 0.271 e. The third-order valence-corrected chi connectivity index (χ3v) is 2.64. The summed E-state index contributed by atoms with van der Waals surface area (Å²) in [5, 5.41) is 13.8. The van der Waals surface area contributed by atoms with E-state index < -0.39 is 0 Å². The number of hydrogen-bond acceptors (Lipinski definition) is 4. The van der Waals surface area contributed by atoms with Gasteiger partial charge < -0.3 is 10.6 Å². The first-order valence-corrected chi connectivity index (χ1v) is 6.53. The Labute approximate surface area is 118 Å². The van der Waals surface area contributed by atoms with Crippen molar-refractivity contribution in [3.05, 3.63) is 47.7 Å². The Balaban J connectivity index is 2.04. The molecule has 1 aromatic heterocycles. The van der Waals surface area contributed by atoms with Crippen molar-refractivity contribution in [2.75, 3.05) is 5.32 Å². The highest BCUT2D eigenvalue weighted by Gasteiger charge is 2.09. The number of benzene rings is 1.